The van der Waals surface area contributed by atoms with Crippen LogP contribution in [0.25, 0.3) is 0 Å². The summed E-state index contributed by atoms with van der Waals surface area (Å²) < 4.78 is 5.65. The van der Waals surface area contributed by atoms with Crippen molar-refractivity contribution < 1.29 is 9.53 Å². The fourth-order valence-corrected chi connectivity index (χ4v) is 3.03. The van der Waals surface area contributed by atoms with Crippen molar-refractivity contribution in [3.63, 3.8) is 0 Å². The third-order valence-corrected chi connectivity index (χ3v) is 4.06. The van der Waals surface area contributed by atoms with Crippen molar-refractivity contribution in [2.24, 2.45) is 10.9 Å². The normalized spacial score (nSPS) is 28.9. The van der Waals surface area contributed by atoms with Gasteiger partial charge in [-0.2, -0.15) is 0 Å². The van der Waals surface area contributed by atoms with Gasteiger partial charge in [0.05, 0.1) is 12.6 Å². The minimum absolute atomic E-state index is 0.0728. The van der Waals surface area contributed by atoms with Crippen LogP contribution in [0.15, 0.2) is 4.99 Å². The number of nitrogens with one attached hydrogen (secondary N) is 1. The summed E-state index contributed by atoms with van der Waals surface area (Å²) in [5.74, 6) is 1.62. The van der Waals surface area contributed by atoms with Gasteiger partial charge in [0.2, 0.25) is 0 Å². The van der Waals surface area contributed by atoms with Gasteiger partial charge in [0.25, 0.3) is 5.91 Å². The van der Waals surface area contributed by atoms with Gasteiger partial charge in [-0.25, -0.2) is 0 Å². The molecule has 0 aromatic rings. The monoisotopic (exact) mass is 256 g/mol. The quantitative estimate of drug-likeness (QED) is 0.837. The molecule has 1 aliphatic carbocycles. The summed E-state index contributed by atoms with van der Waals surface area (Å²) >= 11 is 1.60. The smallest absolute Gasteiger partial charge is 0.251 e. The highest BCUT2D eigenvalue weighted by atomic mass is 32.2. The van der Waals surface area contributed by atoms with E-state index in [1.54, 1.807) is 11.8 Å². The first-order valence-corrected chi connectivity index (χ1v) is 7.31. The Balaban J connectivity index is 1.65. The molecule has 1 saturated carbocycles. The van der Waals surface area contributed by atoms with Gasteiger partial charge in [-0.1, -0.05) is 31.5 Å². The number of amides is 1. The molecule has 2 rings (SSSR count). The lowest BCUT2D eigenvalue weighted by molar-refractivity contribution is -0.127. The molecule has 96 valence electrons. The molecule has 2 unspecified atom stereocenters. The standard InChI is InChI=1S/C12H20N2O2S/c1-9-3-2-4-10(7-9)16-8-11(15)14-12-13-5-6-17-12/h9-10H,2-8H2,1H3,(H,13,14,15). The highest BCUT2D eigenvalue weighted by Gasteiger charge is 2.20. The van der Waals surface area contributed by atoms with Crippen LogP contribution in [0, 0.1) is 5.92 Å². The van der Waals surface area contributed by atoms with Crippen LogP contribution in [0.1, 0.15) is 32.6 Å². The molecule has 1 fully saturated rings. The summed E-state index contributed by atoms with van der Waals surface area (Å²) in [5.41, 5.74) is 0. The van der Waals surface area contributed by atoms with E-state index in [-0.39, 0.29) is 18.6 Å². The molecular weight excluding hydrogens is 236 g/mol. The molecule has 1 aliphatic heterocycles. The molecule has 4 nitrogen and oxygen atoms in total. The summed E-state index contributed by atoms with van der Waals surface area (Å²) in [6.07, 6.45) is 4.95. The minimum atomic E-state index is -0.0728. The summed E-state index contributed by atoms with van der Waals surface area (Å²) in [6, 6.07) is 0. The number of hydrogen-bond donors (Lipinski definition) is 1. The molecule has 0 radical (unpaired) electrons. The van der Waals surface area contributed by atoms with Crippen LogP contribution in [0.3, 0.4) is 0 Å². The SMILES string of the molecule is CC1CCCC(OCC(=O)NC2=NCCS2)C1. The molecule has 2 aliphatic rings. The largest absolute Gasteiger partial charge is 0.368 e. The van der Waals surface area contributed by atoms with Crippen LogP contribution in [0.4, 0.5) is 0 Å². The Morgan fingerprint density at radius 2 is 2.47 bits per heavy atom. The van der Waals surface area contributed by atoms with E-state index in [1.165, 1.54) is 12.8 Å². The Hall–Kier alpha value is -0.550. The molecular formula is C12H20N2O2S. The Labute approximate surface area is 107 Å². The van der Waals surface area contributed by atoms with E-state index in [4.69, 9.17) is 4.74 Å². The third-order valence-electron chi connectivity index (χ3n) is 3.17. The number of thioether (sulfide) groups is 1. The van der Waals surface area contributed by atoms with Gasteiger partial charge in [-0.3, -0.25) is 9.79 Å². The van der Waals surface area contributed by atoms with Crippen LogP contribution in [0.2, 0.25) is 0 Å². The van der Waals surface area contributed by atoms with Crippen molar-refractivity contribution in [1.29, 1.82) is 0 Å². The summed E-state index contributed by atoms with van der Waals surface area (Å²) in [7, 11) is 0. The van der Waals surface area contributed by atoms with Crippen LogP contribution >= 0.6 is 11.8 Å². The second-order valence-electron chi connectivity index (χ2n) is 4.79. The van der Waals surface area contributed by atoms with Gasteiger partial charge in [0.15, 0.2) is 5.17 Å². The number of nitrogens with zero attached hydrogens (tertiary/aromatic N) is 1. The highest BCUT2D eigenvalue weighted by Crippen LogP contribution is 2.25. The van der Waals surface area contributed by atoms with Gasteiger partial charge in [0.1, 0.15) is 6.61 Å². The average molecular weight is 256 g/mol. The molecule has 0 spiro atoms. The zero-order chi connectivity index (χ0) is 12.1. The molecule has 1 amide bonds. The lowest BCUT2D eigenvalue weighted by atomic mass is 9.89. The number of ether oxygens (including phenoxy) is 1. The highest BCUT2D eigenvalue weighted by molar-refractivity contribution is 8.14. The number of carbonyl (C=O) groups is 1. The van der Waals surface area contributed by atoms with Crippen molar-refractivity contribution in [2.75, 3.05) is 18.9 Å². The first-order valence-electron chi connectivity index (χ1n) is 6.33. The summed E-state index contributed by atoms with van der Waals surface area (Å²) in [4.78, 5) is 15.8. The molecule has 0 saturated heterocycles. The number of rotatable bonds is 3. The zero-order valence-corrected chi connectivity index (χ0v) is 11.1. The Morgan fingerprint density at radius 3 is 3.18 bits per heavy atom. The fraction of sp³-hybridized carbons (Fsp3) is 0.833. The molecule has 17 heavy (non-hydrogen) atoms. The van der Waals surface area contributed by atoms with E-state index in [0.29, 0.717) is 0 Å². The van der Waals surface area contributed by atoms with Gasteiger partial charge in [0, 0.05) is 5.75 Å². The second kappa shape index (κ2) is 6.40. The predicted molar refractivity (Wildman–Crippen MR) is 70.3 cm³/mol. The minimum Gasteiger partial charge on any atom is -0.368 e. The van der Waals surface area contributed by atoms with E-state index in [1.807, 2.05) is 0 Å². The Kier molecular flexibility index (Phi) is 4.86. The maximum atomic E-state index is 11.6. The topological polar surface area (TPSA) is 50.7 Å². The van der Waals surface area contributed by atoms with Crippen molar-refractivity contribution in [3.8, 4) is 0 Å². The average Bonchev–Trinajstić information content (AvgIpc) is 2.79. The van der Waals surface area contributed by atoms with Gasteiger partial charge < -0.3 is 10.1 Å². The van der Waals surface area contributed by atoms with Crippen molar-refractivity contribution in [1.82, 2.24) is 5.32 Å². The van der Waals surface area contributed by atoms with Crippen molar-refractivity contribution in [2.45, 2.75) is 38.7 Å². The van der Waals surface area contributed by atoms with E-state index >= 15 is 0 Å². The first kappa shape index (κ1) is 12.9. The zero-order valence-electron chi connectivity index (χ0n) is 10.3. The number of carbonyl (C=O) groups excluding carboxylic acids is 1. The molecule has 5 heteroatoms. The number of amidine groups is 1. The predicted octanol–water partition coefficient (Wildman–Crippen LogP) is 1.80. The summed E-state index contributed by atoms with van der Waals surface area (Å²) in [6.45, 7) is 3.22. The second-order valence-corrected chi connectivity index (χ2v) is 5.87. The maximum Gasteiger partial charge on any atom is 0.251 e. The van der Waals surface area contributed by atoms with Crippen LogP contribution in [-0.2, 0) is 9.53 Å². The van der Waals surface area contributed by atoms with Gasteiger partial charge >= 0.3 is 0 Å². The van der Waals surface area contributed by atoms with E-state index in [9.17, 15) is 4.79 Å². The van der Waals surface area contributed by atoms with Gasteiger partial charge in [-0.15, -0.1) is 0 Å². The van der Waals surface area contributed by atoms with E-state index < -0.39 is 0 Å². The lowest BCUT2D eigenvalue weighted by Crippen LogP contribution is -2.33. The molecule has 1 N–H and O–H groups in total. The van der Waals surface area contributed by atoms with Crippen molar-refractivity contribution in [3.05, 3.63) is 0 Å². The van der Waals surface area contributed by atoms with E-state index in [2.05, 4.69) is 17.2 Å². The van der Waals surface area contributed by atoms with Crippen LogP contribution < -0.4 is 5.32 Å². The molecule has 0 bridgehead atoms. The van der Waals surface area contributed by atoms with Crippen LogP contribution in [-0.4, -0.2) is 36.1 Å². The lowest BCUT2D eigenvalue weighted by Gasteiger charge is -2.26. The first-order chi connectivity index (χ1) is 8.24. The van der Waals surface area contributed by atoms with E-state index in [0.717, 1.165) is 36.2 Å². The van der Waals surface area contributed by atoms with Gasteiger partial charge in [-0.05, 0) is 18.8 Å². The maximum absolute atomic E-state index is 11.6. The Morgan fingerprint density at radius 1 is 1.59 bits per heavy atom. The molecule has 2 atom stereocenters. The molecule has 0 aromatic heterocycles. The third kappa shape index (κ3) is 4.32. The molecule has 0 aromatic carbocycles. The summed E-state index contributed by atoms with van der Waals surface area (Å²) in [5, 5.41) is 3.52. The number of aliphatic imine (C=N–C) groups is 1. The number of hydrogen-bond acceptors (Lipinski definition) is 4. The van der Waals surface area contributed by atoms with Crippen molar-refractivity contribution >= 4 is 22.8 Å². The molecule has 1 heterocycles. The Bertz CT molecular complexity index is 307. The van der Waals surface area contributed by atoms with Crippen LogP contribution in [0.5, 0.6) is 0 Å². The fourth-order valence-electron chi connectivity index (χ4n) is 2.29.